The van der Waals surface area contributed by atoms with Crippen molar-refractivity contribution in [3.05, 3.63) is 78.4 Å². The van der Waals surface area contributed by atoms with E-state index in [1.54, 1.807) is 4.90 Å². The summed E-state index contributed by atoms with van der Waals surface area (Å²) in [5.41, 5.74) is 2.90. The second-order valence-corrected chi connectivity index (χ2v) is 8.47. The van der Waals surface area contributed by atoms with Gasteiger partial charge in [-0.05, 0) is 24.6 Å². The molecule has 1 fully saturated rings. The average molecular weight is 458 g/mol. The van der Waals surface area contributed by atoms with Gasteiger partial charge in [0.2, 0.25) is 11.8 Å². The van der Waals surface area contributed by atoms with Crippen LogP contribution in [0, 0.1) is 0 Å². The Hall–Kier alpha value is -3.74. The van der Waals surface area contributed by atoms with Crippen LogP contribution >= 0.6 is 0 Å². The van der Waals surface area contributed by atoms with Crippen molar-refractivity contribution in [2.24, 2.45) is 0 Å². The highest BCUT2D eigenvalue weighted by atomic mass is 16.2. The minimum Gasteiger partial charge on any atom is -0.352 e. The molecule has 2 amide bonds. The summed E-state index contributed by atoms with van der Waals surface area (Å²) in [6.45, 7) is 6.45. The molecule has 0 bridgehead atoms. The Kier molecular flexibility index (Phi) is 7.52. The van der Waals surface area contributed by atoms with Gasteiger partial charge in [0.05, 0.1) is 11.7 Å². The van der Waals surface area contributed by atoms with Crippen molar-refractivity contribution in [2.45, 2.75) is 26.3 Å². The van der Waals surface area contributed by atoms with Crippen LogP contribution in [-0.4, -0.2) is 64.5 Å². The SMILES string of the molecule is CCC(=O)N(CC(=O)N1CCN(c2ccc(-c3ccccc3)nn2)CC1)C(C)c1ccccc1. The normalized spacial score (nSPS) is 14.5. The molecule has 7 nitrogen and oxygen atoms in total. The quantitative estimate of drug-likeness (QED) is 0.540. The van der Waals surface area contributed by atoms with Crippen LogP contribution in [0.15, 0.2) is 72.8 Å². The van der Waals surface area contributed by atoms with Crippen LogP contribution in [0.4, 0.5) is 5.82 Å². The predicted molar refractivity (Wildman–Crippen MR) is 133 cm³/mol. The molecule has 0 spiro atoms. The molecule has 34 heavy (non-hydrogen) atoms. The molecule has 0 radical (unpaired) electrons. The summed E-state index contributed by atoms with van der Waals surface area (Å²) in [4.78, 5) is 31.4. The molecule has 4 rings (SSSR count). The largest absolute Gasteiger partial charge is 0.352 e. The standard InChI is InChI=1S/C27H31N5O2/c1-3-26(33)32(21(2)22-10-6-4-7-11-22)20-27(34)31-18-16-30(17-19-31)25-15-14-24(28-29-25)23-12-8-5-9-13-23/h4-15,21H,3,16-20H2,1-2H3. The molecule has 2 heterocycles. The van der Waals surface area contributed by atoms with Gasteiger partial charge >= 0.3 is 0 Å². The number of anilines is 1. The van der Waals surface area contributed by atoms with Gasteiger partial charge in [-0.3, -0.25) is 9.59 Å². The molecule has 3 aromatic rings. The number of hydrogen-bond acceptors (Lipinski definition) is 5. The molecule has 0 N–H and O–H groups in total. The molecule has 0 saturated carbocycles. The van der Waals surface area contributed by atoms with Gasteiger partial charge in [-0.25, -0.2) is 0 Å². The predicted octanol–water partition coefficient (Wildman–Crippen LogP) is 3.79. The van der Waals surface area contributed by atoms with E-state index in [1.807, 2.05) is 91.5 Å². The van der Waals surface area contributed by atoms with Crippen LogP contribution in [0.1, 0.15) is 31.9 Å². The van der Waals surface area contributed by atoms with Gasteiger partial charge in [-0.1, -0.05) is 67.6 Å². The number of carbonyl (C=O) groups excluding carboxylic acids is 2. The van der Waals surface area contributed by atoms with Crippen molar-refractivity contribution in [1.82, 2.24) is 20.0 Å². The highest BCUT2D eigenvalue weighted by Gasteiger charge is 2.27. The Morgan fingerprint density at radius 3 is 2.12 bits per heavy atom. The van der Waals surface area contributed by atoms with Gasteiger partial charge in [0, 0.05) is 38.2 Å². The van der Waals surface area contributed by atoms with Gasteiger partial charge in [0.1, 0.15) is 6.54 Å². The number of nitrogens with zero attached hydrogens (tertiary/aromatic N) is 5. The number of amides is 2. The fraction of sp³-hybridized carbons (Fsp3) is 0.333. The van der Waals surface area contributed by atoms with Gasteiger partial charge in [0.25, 0.3) is 0 Å². The minimum atomic E-state index is -0.155. The van der Waals surface area contributed by atoms with Crippen molar-refractivity contribution in [3.8, 4) is 11.3 Å². The molecular weight excluding hydrogens is 426 g/mol. The Morgan fingerprint density at radius 1 is 0.882 bits per heavy atom. The molecule has 0 aliphatic carbocycles. The first-order valence-electron chi connectivity index (χ1n) is 11.8. The van der Waals surface area contributed by atoms with Crippen LogP contribution in [0.5, 0.6) is 0 Å². The van der Waals surface area contributed by atoms with Crippen LogP contribution in [0.2, 0.25) is 0 Å². The first-order chi connectivity index (χ1) is 16.6. The highest BCUT2D eigenvalue weighted by molar-refractivity contribution is 5.85. The van der Waals surface area contributed by atoms with Gasteiger partial charge in [0.15, 0.2) is 5.82 Å². The summed E-state index contributed by atoms with van der Waals surface area (Å²) < 4.78 is 0. The third-order valence-corrected chi connectivity index (χ3v) is 6.35. The summed E-state index contributed by atoms with van der Waals surface area (Å²) in [7, 11) is 0. The molecule has 1 aliphatic rings. The van der Waals surface area contributed by atoms with Crippen molar-refractivity contribution < 1.29 is 9.59 Å². The van der Waals surface area contributed by atoms with E-state index in [2.05, 4.69) is 15.1 Å². The summed E-state index contributed by atoms with van der Waals surface area (Å²) in [6, 6.07) is 23.6. The molecule has 1 atom stereocenters. The van der Waals surface area contributed by atoms with Gasteiger partial charge in [-0.2, -0.15) is 0 Å². The van der Waals surface area contributed by atoms with Crippen LogP contribution in [-0.2, 0) is 9.59 Å². The summed E-state index contributed by atoms with van der Waals surface area (Å²) in [5.74, 6) is 0.777. The van der Waals surface area contributed by atoms with Crippen molar-refractivity contribution >= 4 is 17.6 Å². The maximum Gasteiger partial charge on any atom is 0.242 e. The molecular formula is C27H31N5O2. The Balaban J connectivity index is 1.35. The maximum atomic E-state index is 13.1. The van der Waals surface area contributed by atoms with E-state index in [0.29, 0.717) is 32.6 Å². The Labute approximate surface area is 201 Å². The fourth-order valence-corrected chi connectivity index (χ4v) is 4.24. The average Bonchev–Trinajstić information content (AvgIpc) is 2.92. The number of benzene rings is 2. The topological polar surface area (TPSA) is 69.6 Å². The Morgan fingerprint density at radius 2 is 1.53 bits per heavy atom. The van der Waals surface area contributed by atoms with Gasteiger partial charge in [-0.15, -0.1) is 10.2 Å². The molecule has 1 unspecified atom stereocenters. The number of carbonyl (C=O) groups is 2. The Bertz CT molecular complexity index is 1080. The summed E-state index contributed by atoms with van der Waals surface area (Å²) >= 11 is 0. The number of rotatable bonds is 7. The molecule has 7 heteroatoms. The van der Waals surface area contributed by atoms with Crippen LogP contribution in [0.25, 0.3) is 11.3 Å². The van der Waals surface area contributed by atoms with E-state index in [-0.39, 0.29) is 24.4 Å². The van der Waals surface area contributed by atoms with Crippen molar-refractivity contribution in [2.75, 3.05) is 37.6 Å². The number of aromatic nitrogens is 2. The van der Waals surface area contributed by atoms with Crippen LogP contribution < -0.4 is 4.90 Å². The molecule has 1 aliphatic heterocycles. The molecule has 1 saturated heterocycles. The van der Waals surface area contributed by atoms with Gasteiger partial charge < -0.3 is 14.7 Å². The lowest BCUT2D eigenvalue weighted by atomic mass is 10.1. The second-order valence-electron chi connectivity index (χ2n) is 8.47. The first-order valence-corrected chi connectivity index (χ1v) is 11.8. The maximum absolute atomic E-state index is 13.1. The zero-order valence-electron chi connectivity index (χ0n) is 19.8. The smallest absolute Gasteiger partial charge is 0.242 e. The lowest BCUT2D eigenvalue weighted by Crippen LogP contribution is -2.52. The van der Waals surface area contributed by atoms with E-state index >= 15 is 0 Å². The third kappa shape index (κ3) is 5.42. The zero-order valence-corrected chi connectivity index (χ0v) is 19.8. The van der Waals surface area contributed by atoms with E-state index in [4.69, 9.17) is 0 Å². The monoisotopic (exact) mass is 457 g/mol. The number of piperazine rings is 1. The van der Waals surface area contributed by atoms with Crippen LogP contribution in [0.3, 0.4) is 0 Å². The highest BCUT2D eigenvalue weighted by Crippen LogP contribution is 2.22. The first kappa shape index (κ1) is 23.4. The van der Waals surface area contributed by atoms with Crippen molar-refractivity contribution in [1.29, 1.82) is 0 Å². The second kappa shape index (κ2) is 10.9. The lowest BCUT2D eigenvalue weighted by Gasteiger charge is -2.37. The lowest BCUT2D eigenvalue weighted by molar-refractivity contribution is -0.142. The van der Waals surface area contributed by atoms with E-state index in [9.17, 15) is 9.59 Å². The summed E-state index contributed by atoms with van der Waals surface area (Å²) in [5, 5.41) is 8.79. The molecule has 2 aromatic carbocycles. The van der Waals surface area contributed by atoms with E-state index in [1.165, 1.54) is 0 Å². The van der Waals surface area contributed by atoms with E-state index < -0.39 is 0 Å². The number of hydrogen-bond donors (Lipinski definition) is 0. The molecule has 176 valence electrons. The third-order valence-electron chi connectivity index (χ3n) is 6.35. The fourth-order valence-electron chi connectivity index (χ4n) is 4.24. The minimum absolute atomic E-state index is 0.0166. The molecule has 1 aromatic heterocycles. The zero-order chi connectivity index (χ0) is 23.9. The van der Waals surface area contributed by atoms with E-state index in [0.717, 1.165) is 22.6 Å². The van der Waals surface area contributed by atoms with Crippen molar-refractivity contribution in [3.63, 3.8) is 0 Å². The summed E-state index contributed by atoms with van der Waals surface area (Å²) in [6.07, 6.45) is 0.371.